The predicted molar refractivity (Wildman–Crippen MR) is 72.2 cm³/mol. The second kappa shape index (κ2) is 4.91. The molecule has 0 bridgehead atoms. The van der Waals surface area contributed by atoms with Crippen LogP contribution >= 0.6 is 22.9 Å². The molecule has 0 aliphatic carbocycles. The first-order chi connectivity index (χ1) is 8.47. The maximum absolute atomic E-state index is 10.8. The largest absolute Gasteiger partial charge is 0.375 e. The van der Waals surface area contributed by atoms with E-state index in [1.807, 2.05) is 6.92 Å². The van der Waals surface area contributed by atoms with E-state index < -0.39 is 4.92 Å². The quantitative estimate of drug-likeness (QED) is 0.693. The first kappa shape index (κ1) is 12.8. The van der Waals surface area contributed by atoms with Crippen molar-refractivity contribution in [1.29, 1.82) is 0 Å². The Labute approximate surface area is 112 Å². The molecule has 1 heterocycles. The van der Waals surface area contributed by atoms with Crippen molar-refractivity contribution < 1.29 is 4.92 Å². The average Bonchev–Trinajstić information content (AvgIpc) is 2.60. The third-order valence-electron chi connectivity index (χ3n) is 2.48. The molecule has 2 aromatic rings. The minimum absolute atomic E-state index is 0.0793. The molecule has 0 aliphatic rings. The third kappa shape index (κ3) is 2.60. The molecule has 0 fully saturated rings. The van der Waals surface area contributed by atoms with E-state index in [0.717, 1.165) is 16.1 Å². The second-order valence-corrected chi connectivity index (χ2v) is 5.30. The van der Waals surface area contributed by atoms with Crippen molar-refractivity contribution in [2.75, 3.05) is 5.73 Å². The lowest BCUT2D eigenvalue weighted by Gasteiger charge is -2.01. The number of rotatable bonds is 3. The van der Waals surface area contributed by atoms with Gasteiger partial charge in [-0.15, -0.1) is 11.3 Å². The monoisotopic (exact) mass is 283 g/mol. The number of nitrogen functional groups attached to an aromatic ring is 1. The number of aryl methyl sites for hydroxylation is 1. The van der Waals surface area contributed by atoms with E-state index in [9.17, 15) is 10.1 Å². The number of anilines is 1. The van der Waals surface area contributed by atoms with Crippen molar-refractivity contribution in [3.63, 3.8) is 0 Å². The molecule has 1 aromatic heterocycles. The van der Waals surface area contributed by atoms with Gasteiger partial charge < -0.3 is 5.73 Å². The highest BCUT2D eigenvalue weighted by Gasteiger charge is 2.14. The number of hydrogen-bond donors (Lipinski definition) is 1. The van der Waals surface area contributed by atoms with Crippen molar-refractivity contribution in [3.8, 4) is 0 Å². The number of aromatic nitrogens is 1. The molecule has 0 aliphatic heterocycles. The first-order valence-corrected chi connectivity index (χ1v) is 6.31. The fourth-order valence-corrected chi connectivity index (χ4v) is 2.66. The molecular weight excluding hydrogens is 274 g/mol. The van der Waals surface area contributed by atoms with E-state index in [-0.39, 0.29) is 10.7 Å². The Morgan fingerprint density at radius 1 is 1.56 bits per heavy atom. The highest BCUT2D eigenvalue weighted by molar-refractivity contribution is 7.15. The van der Waals surface area contributed by atoms with Gasteiger partial charge in [0.15, 0.2) is 5.13 Å². The molecular formula is C11H10ClN3O2S. The number of nitro benzene ring substituents is 1. The number of hydrogen-bond acceptors (Lipinski definition) is 5. The molecule has 5 nitrogen and oxygen atoms in total. The molecule has 1 aromatic carbocycles. The fourth-order valence-electron chi connectivity index (χ4n) is 1.61. The molecule has 0 atom stereocenters. The lowest BCUT2D eigenvalue weighted by Crippen LogP contribution is -1.93. The average molecular weight is 284 g/mol. The van der Waals surface area contributed by atoms with Crippen molar-refractivity contribution in [2.45, 2.75) is 13.3 Å². The third-order valence-corrected chi connectivity index (χ3v) is 3.79. The number of thiazole rings is 1. The number of benzene rings is 1. The van der Waals surface area contributed by atoms with E-state index in [2.05, 4.69) is 4.98 Å². The molecule has 18 heavy (non-hydrogen) atoms. The van der Waals surface area contributed by atoms with Crippen LogP contribution < -0.4 is 5.73 Å². The van der Waals surface area contributed by atoms with Gasteiger partial charge in [0.25, 0.3) is 5.69 Å². The van der Waals surface area contributed by atoms with Gasteiger partial charge in [0, 0.05) is 17.4 Å². The molecule has 0 saturated carbocycles. The van der Waals surface area contributed by atoms with Crippen molar-refractivity contribution in [2.24, 2.45) is 0 Å². The summed E-state index contributed by atoms with van der Waals surface area (Å²) in [7, 11) is 0. The van der Waals surface area contributed by atoms with Gasteiger partial charge in [-0.05, 0) is 18.6 Å². The fraction of sp³-hybridized carbons (Fsp3) is 0.182. The normalized spacial score (nSPS) is 10.6. The maximum Gasteiger partial charge on any atom is 0.288 e. The summed E-state index contributed by atoms with van der Waals surface area (Å²) >= 11 is 7.15. The van der Waals surface area contributed by atoms with E-state index in [0.29, 0.717) is 11.6 Å². The smallest absolute Gasteiger partial charge is 0.288 e. The summed E-state index contributed by atoms with van der Waals surface area (Å²) in [5, 5.41) is 11.4. The summed E-state index contributed by atoms with van der Waals surface area (Å²) in [6.45, 7) is 1.87. The van der Waals surface area contributed by atoms with E-state index in [1.54, 1.807) is 6.07 Å². The Bertz CT molecular complexity index is 612. The highest BCUT2D eigenvalue weighted by Crippen LogP contribution is 2.28. The molecule has 0 saturated heterocycles. The van der Waals surface area contributed by atoms with Crippen LogP contribution in [-0.4, -0.2) is 9.91 Å². The Hall–Kier alpha value is -1.66. The minimum atomic E-state index is -0.486. The second-order valence-electron chi connectivity index (χ2n) is 3.78. The number of nitrogens with zero attached hydrogens (tertiary/aromatic N) is 2. The molecule has 94 valence electrons. The van der Waals surface area contributed by atoms with Gasteiger partial charge in [0.2, 0.25) is 0 Å². The van der Waals surface area contributed by atoms with Gasteiger partial charge in [-0.2, -0.15) is 0 Å². The zero-order valence-electron chi connectivity index (χ0n) is 9.51. The van der Waals surface area contributed by atoms with E-state index >= 15 is 0 Å². The SMILES string of the molecule is Cc1nc(N)sc1Cc1ccc(Cl)c([N+](=O)[O-])c1. The summed E-state index contributed by atoms with van der Waals surface area (Å²) in [6.07, 6.45) is 0.568. The Balaban J connectivity index is 2.32. The van der Waals surface area contributed by atoms with Crippen LogP contribution in [0.5, 0.6) is 0 Å². The van der Waals surface area contributed by atoms with Crippen LogP contribution in [0.25, 0.3) is 0 Å². The number of nitro groups is 1. The Morgan fingerprint density at radius 2 is 2.28 bits per heavy atom. The Kier molecular flexibility index (Phi) is 3.49. The van der Waals surface area contributed by atoms with Crippen LogP contribution in [0, 0.1) is 17.0 Å². The standard InChI is InChI=1S/C11H10ClN3O2S/c1-6-10(18-11(13)14-6)5-7-2-3-8(12)9(4-7)15(16)17/h2-4H,5H2,1H3,(H2,13,14). The summed E-state index contributed by atoms with van der Waals surface area (Å²) in [5.74, 6) is 0. The maximum atomic E-state index is 10.8. The van der Waals surface area contributed by atoms with Crippen LogP contribution in [0.3, 0.4) is 0 Å². The van der Waals surface area contributed by atoms with Gasteiger partial charge in [0.1, 0.15) is 5.02 Å². The molecule has 2 N–H and O–H groups in total. The summed E-state index contributed by atoms with van der Waals surface area (Å²) < 4.78 is 0. The van der Waals surface area contributed by atoms with Crippen LogP contribution in [0.2, 0.25) is 5.02 Å². The zero-order chi connectivity index (χ0) is 13.3. The van der Waals surface area contributed by atoms with Crippen molar-refractivity contribution >= 4 is 33.8 Å². The van der Waals surface area contributed by atoms with Crippen molar-refractivity contribution in [1.82, 2.24) is 4.98 Å². The van der Waals surface area contributed by atoms with Crippen LogP contribution in [0.4, 0.5) is 10.8 Å². The lowest BCUT2D eigenvalue weighted by molar-refractivity contribution is -0.384. The molecule has 0 amide bonds. The van der Waals surface area contributed by atoms with E-state index in [1.165, 1.54) is 23.5 Å². The van der Waals surface area contributed by atoms with Gasteiger partial charge in [-0.1, -0.05) is 17.7 Å². The van der Waals surface area contributed by atoms with Gasteiger partial charge in [-0.25, -0.2) is 4.98 Å². The summed E-state index contributed by atoms with van der Waals surface area (Å²) in [6, 6.07) is 4.79. The Morgan fingerprint density at radius 3 is 2.83 bits per heavy atom. The van der Waals surface area contributed by atoms with E-state index in [4.69, 9.17) is 17.3 Å². The molecule has 7 heteroatoms. The van der Waals surface area contributed by atoms with Crippen molar-refractivity contribution in [3.05, 3.63) is 49.5 Å². The molecule has 0 radical (unpaired) electrons. The van der Waals surface area contributed by atoms with Gasteiger partial charge in [-0.3, -0.25) is 10.1 Å². The first-order valence-electron chi connectivity index (χ1n) is 5.12. The number of nitrogens with two attached hydrogens (primary N) is 1. The molecule has 0 spiro atoms. The van der Waals surface area contributed by atoms with Crippen LogP contribution in [0.15, 0.2) is 18.2 Å². The van der Waals surface area contributed by atoms with Crippen LogP contribution in [-0.2, 0) is 6.42 Å². The lowest BCUT2D eigenvalue weighted by atomic mass is 10.1. The highest BCUT2D eigenvalue weighted by atomic mass is 35.5. The molecule has 2 rings (SSSR count). The zero-order valence-corrected chi connectivity index (χ0v) is 11.1. The minimum Gasteiger partial charge on any atom is -0.375 e. The molecule has 0 unspecified atom stereocenters. The summed E-state index contributed by atoms with van der Waals surface area (Å²) in [5.41, 5.74) is 7.21. The van der Waals surface area contributed by atoms with Gasteiger partial charge in [0.05, 0.1) is 10.6 Å². The predicted octanol–water partition coefficient (Wildman–Crippen LogP) is 3.19. The van der Waals surface area contributed by atoms with Crippen LogP contribution in [0.1, 0.15) is 16.1 Å². The van der Waals surface area contributed by atoms with Gasteiger partial charge >= 0.3 is 0 Å². The number of halogens is 1. The topological polar surface area (TPSA) is 82.0 Å². The summed E-state index contributed by atoms with van der Waals surface area (Å²) in [4.78, 5) is 15.4.